The number of alkyl halides is 3. The number of halogens is 3. The molecule has 5 nitrogen and oxygen atoms in total. The summed E-state index contributed by atoms with van der Waals surface area (Å²) in [6, 6.07) is 7.25. The van der Waals surface area contributed by atoms with Gasteiger partial charge in [-0.2, -0.15) is 13.2 Å². The SMILES string of the molecule is CN1C(=O)CCCCC1CN1CCC(Oc2cccc3c2ccn3CC(F)(F)F)CC1. The number of carbonyl (C=O) groups is 1. The third-order valence-electron chi connectivity index (χ3n) is 6.54. The van der Waals surface area contributed by atoms with Gasteiger partial charge in [0.2, 0.25) is 5.91 Å². The van der Waals surface area contributed by atoms with Crippen molar-refractivity contribution >= 4 is 16.8 Å². The summed E-state index contributed by atoms with van der Waals surface area (Å²) < 4.78 is 45.9. The molecule has 4 rings (SSSR count). The molecule has 2 saturated heterocycles. The molecule has 170 valence electrons. The van der Waals surface area contributed by atoms with E-state index < -0.39 is 12.7 Å². The van der Waals surface area contributed by atoms with E-state index in [1.54, 1.807) is 18.2 Å². The summed E-state index contributed by atoms with van der Waals surface area (Å²) in [6.07, 6.45) is 2.76. The van der Waals surface area contributed by atoms with Crippen LogP contribution in [0.3, 0.4) is 0 Å². The Balaban J connectivity index is 1.35. The molecule has 0 bridgehead atoms. The highest BCUT2D eigenvalue weighted by Gasteiger charge is 2.30. The van der Waals surface area contributed by atoms with Crippen LogP contribution in [0.5, 0.6) is 5.75 Å². The van der Waals surface area contributed by atoms with E-state index in [2.05, 4.69) is 4.90 Å². The summed E-state index contributed by atoms with van der Waals surface area (Å²) in [4.78, 5) is 16.5. The van der Waals surface area contributed by atoms with Crippen molar-refractivity contribution in [2.75, 3.05) is 26.7 Å². The molecule has 0 aliphatic carbocycles. The smallest absolute Gasteiger partial charge is 0.406 e. The van der Waals surface area contributed by atoms with Crippen LogP contribution in [0, 0.1) is 0 Å². The topological polar surface area (TPSA) is 37.7 Å². The van der Waals surface area contributed by atoms with Gasteiger partial charge in [-0.15, -0.1) is 0 Å². The molecule has 2 aliphatic heterocycles. The van der Waals surface area contributed by atoms with E-state index >= 15 is 0 Å². The largest absolute Gasteiger partial charge is 0.490 e. The van der Waals surface area contributed by atoms with Gasteiger partial charge in [-0.25, -0.2) is 0 Å². The van der Waals surface area contributed by atoms with Gasteiger partial charge >= 0.3 is 6.18 Å². The summed E-state index contributed by atoms with van der Waals surface area (Å²) in [5.41, 5.74) is 0.535. The maximum atomic E-state index is 12.8. The zero-order valence-electron chi connectivity index (χ0n) is 17.9. The van der Waals surface area contributed by atoms with Crippen molar-refractivity contribution in [2.24, 2.45) is 0 Å². The molecule has 31 heavy (non-hydrogen) atoms. The first-order valence-electron chi connectivity index (χ1n) is 11.1. The van der Waals surface area contributed by atoms with Crippen molar-refractivity contribution in [3.8, 4) is 5.75 Å². The lowest BCUT2D eigenvalue weighted by molar-refractivity contribution is -0.139. The van der Waals surface area contributed by atoms with Crippen LogP contribution in [0.25, 0.3) is 10.9 Å². The van der Waals surface area contributed by atoms with Crippen LogP contribution >= 0.6 is 0 Å². The van der Waals surface area contributed by atoms with Gasteiger partial charge in [-0.05, 0) is 43.9 Å². The minimum atomic E-state index is -4.26. The molecule has 0 radical (unpaired) electrons. The number of amides is 1. The van der Waals surface area contributed by atoms with Gasteiger partial charge in [0.05, 0.1) is 5.52 Å². The molecule has 0 N–H and O–H groups in total. The van der Waals surface area contributed by atoms with Crippen molar-refractivity contribution in [3.05, 3.63) is 30.5 Å². The lowest BCUT2D eigenvalue weighted by Crippen LogP contribution is -2.47. The molecule has 1 unspecified atom stereocenters. The third kappa shape index (κ3) is 5.34. The summed E-state index contributed by atoms with van der Waals surface area (Å²) in [6.45, 7) is 1.68. The van der Waals surface area contributed by atoms with Crippen molar-refractivity contribution in [3.63, 3.8) is 0 Å². The first-order chi connectivity index (χ1) is 14.8. The number of carbonyl (C=O) groups excluding carboxylic acids is 1. The van der Waals surface area contributed by atoms with Gasteiger partial charge in [-0.1, -0.05) is 12.5 Å². The van der Waals surface area contributed by atoms with Gasteiger partial charge in [0.1, 0.15) is 18.4 Å². The van der Waals surface area contributed by atoms with Crippen LogP contribution in [-0.4, -0.2) is 65.3 Å². The lowest BCUT2D eigenvalue weighted by atomic mass is 10.0. The maximum Gasteiger partial charge on any atom is 0.406 e. The summed E-state index contributed by atoms with van der Waals surface area (Å²) >= 11 is 0. The Labute approximate surface area is 180 Å². The first-order valence-corrected chi connectivity index (χ1v) is 11.1. The van der Waals surface area contributed by atoms with Crippen LogP contribution in [0.4, 0.5) is 13.2 Å². The number of hydrogen-bond donors (Lipinski definition) is 0. The molecule has 1 atom stereocenters. The van der Waals surface area contributed by atoms with E-state index in [4.69, 9.17) is 4.74 Å². The predicted octanol–water partition coefficient (Wildman–Crippen LogP) is 4.45. The van der Waals surface area contributed by atoms with Gasteiger partial charge in [0.25, 0.3) is 0 Å². The highest BCUT2D eigenvalue weighted by molar-refractivity contribution is 5.86. The number of fused-ring (bicyclic) bond motifs is 1. The molecular weight excluding hydrogens is 407 g/mol. The average molecular weight is 438 g/mol. The standard InChI is InChI=1S/C23H30F3N3O2/c1-27-17(5-2-3-8-22(27)30)15-28-12-9-18(10-13-28)31-21-7-4-6-20-19(21)11-14-29(20)16-23(24,25)26/h4,6-7,11,14,17-18H,2-3,5,8-10,12-13,15-16H2,1H3. The Kier molecular flexibility index (Phi) is 6.46. The second kappa shape index (κ2) is 9.10. The van der Waals surface area contributed by atoms with E-state index in [1.165, 1.54) is 10.8 Å². The van der Waals surface area contributed by atoms with Crippen LogP contribution in [0.15, 0.2) is 30.5 Å². The molecule has 8 heteroatoms. The molecule has 2 fully saturated rings. The number of likely N-dealkylation sites (N-methyl/N-ethyl adjacent to an activating group) is 1. The van der Waals surface area contributed by atoms with Crippen molar-refractivity contribution in [1.82, 2.24) is 14.4 Å². The number of rotatable bonds is 5. The number of ether oxygens (including phenoxy) is 1. The predicted molar refractivity (Wildman–Crippen MR) is 113 cm³/mol. The van der Waals surface area contributed by atoms with Crippen LogP contribution in [-0.2, 0) is 11.3 Å². The number of benzene rings is 1. The van der Waals surface area contributed by atoms with Gasteiger partial charge < -0.3 is 19.1 Å². The number of nitrogens with zero attached hydrogens (tertiary/aromatic N) is 3. The Bertz CT molecular complexity index is 903. The van der Waals surface area contributed by atoms with E-state index in [-0.39, 0.29) is 18.1 Å². The summed E-state index contributed by atoms with van der Waals surface area (Å²) in [5, 5.41) is 0.716. The number of piperidine rings is 1. The fourth-order valence-corrected chi connectivity index (χ4v) is 4.76. The minimum Gasteiger partial charge on any atom is -0.490 e. The van der Waals surface area contributed by atoms with Gasteiger partial charge in [0, 0.05) is 50.7 Å². The van der Waals surface area contributed by atoms with Gasteiger partial charge in [0.15, 0.2) is 0 Å². The molecule has 1 aromatic heterocycles. The van der Waals surface area contributed by atoms with Crippen LogP contribution in [0.2, 0.25) is 0 Å². The minimum absolute atomic E-state index is 0.0429. The zero-order valence-corrected chi connectivity index (χ0v) is 17.9. The number of hydrogen-bond acceptors (Lipinski definition) is 3. The fourth-order valence-electron chi connectivity index (χ4n) is 4.76. The fraction of sp³-hybridized carbons (Fsp3) is 0.609. The quantitative estimate of drug-likeness (QED) is 0.694. The second-order valence-electron chi connectivity index (χ2n) is 8.77. The first kappa shape index (κ1) is 22.0. The molecule has 1 amide bonds. The molecule has 1 aromatic carbocycles. The molecule has 2 aliphatic rings. The summed E-state index contributed by atoms with van der Waals surface area (Å²) in [7, 11) is 1.92. The molecule has 3 heterocycles. The second-order valence-corrected chi connectivity index (χ2v) is 8.77. The molecule has 2 aromatic rings. The summed E-state index contributed by atoms with van der Waals surface area (Å²) in [5.74, 6) is 0.886. The molecular formula is C23H30F3N3O2. The van der Waals surface area contributed by atoms with Crippen LogP contribution < -0.4 is 4.74 Å². The van der Waals surface area contributed by atoms with E-state index in [0.29, 0.717) is 23.1 Å². The number of likely N-dealkylation sites (tertiary alicyclic amines) is 2. The van der Waals surface area contributed by atoms with Crippen LogP contribution in [0.1, 0.15) is 38.5 Å². The highest BCUT2D eigenvalue weighted by Crippen LogP contribution is 2.31. The molecule has 0 spiro atoms. The number of aromatic nitrogens is 1. The van der Waals surface area contributed by atoms with Crippen molar-refractivity contribution in [2.45, 2.75) is 63.4 Å². The lowest BCUT2D eigenvalue weighted by Gasteiger charge is -2.36. The monoisotopic (exact) mass is 437 g/mol. The van der Waals surface area contributed by atoms with Crippen molar-refractivity contribution in [1.29, 1.82) is 0 Å². The van der Waals surface area contributed by atoms with Gasteiger partial charge in [-0.3, -0.25) is 4.79 Å². The third-order valence-corrected chi connectivity index (χ3v) is 6.54. The Morgan fingerprint density at radius 1 is 1.10 bits per heavy atom. The Morgan fingerprint density at radius 2 is 1.87 bits per heavy atom. The maximum absolute atomic E-state index is 12.8. The highest BCUT2D eigenvalue weighted by atomic mass is 19.4. The Morgan fingerprint density at radius 3 is 2.61 bits per heavy atom. The van der Waals surface area contributed by atoms with E-state index in [9.17, 15) is 18.0 Å². The van der Waals surface area contributed by atoms with Crippen molar-refractivity contribution < 1.29 is 22.7 Å². The van der Waals surface area contributed by atoms with E-state index in [0.717, 1.165) is 51.7 Å². The average Bonchev–Trinajstić information content (AvgIpc) is 3.05. The molecule has 0 saturated carbocycles. The zero-order chi connectivity index (χ0) is 22.0. The van der Waals surface area contributed by atoms with E-state index in [1.807, 2.05) is 18.0 Å². The normalized spacial score (nSPS) is 22.1. The Hall–Kier alpha value is -2.22.